The number of ether oxygens (including phenoxy) is 1. The normalized spacial score (nSPS) is 10.2. The van der Waals surface area contributed by atoms with Crippen LogP contribution in [0.4, 0.5) is 5.69 Å². The number of amides is 1. The smallest absolute Gasteiger partial charge is 0.253 e. The summed E-state index contributed by atoms with van der Waals surface area (Å²) in [7, 11) is 1.65. The Kier molecular flexibility index (Phi) is 5.83. The summed E-state index contributed by atoms with van der Waals surface area (Å²) >= 11 is 0. The van der Waals surface area contributed by atoms with E-state index in [0.717, 1.165) is 22.6 Å². The van der Waals surface area contributed by atoms with Crippen molar-refractivity contribution in [1.29, 1.82) is 0 Å². The van der Waals surface area contributed by atoms with Gasteiger partial charge in [0, 0.05) is 25.5 Å². The van der Waals surface area contributed by atoms with Crippen molar-refractivity contribution >= 4 is 11.6 Å². The molecule has 1 heterocycles. The molecule has 3 rings (SSSR count). The summed E-state index contributed by atoms with van der Waals surface area (Å²) in [4.78, 5) is 16.5. The number of rotatable bonds is 7. The lowest BCUT2D eigenvalue weighted by Gasteiger charge is -2.09. The predicted octanol–water partition coefficient (Wildman–Crippen LogP) is 3.63. The molecule has 2 N–H and O–H groups in total. The van der Waals surface area contributed by atoms with Gasteiger partial charge in [0.1, 0.15) is 5.75 Å². The third-order valence-electron chi connectivity index (χ3n) is 3.95. The number of anilines is 1. The van der Waals surface area contributed by atoms with Crippen LogP contribution >= 0.6 is 0 Å². The average molecular weight is 347 g/mol. The molecule has 2 aromatic carbocycles. The molecule has 5 nitrogen and oxygen atoms in total. The number of nitrogens with zero attached hydrogens (tertiary/aromatic N) is 1. The Morgan fingerprint density at radius 2 is 1.69 bits per heavy atom. The van der Waals surface area contributed by atoms with Crippen LogP contribution in [0.3, 0.4) is 0 Å². The van der Waals surface area contributed by atoms with E-state index in [1.54, 1.807) is 25.6 Å². The zero-order valence-corrected chi connectivity index (χ0v) is 14.6. The Morgan fingerprint density at radius 3 is 2.42 bits per heavy atom. The minimum absolute atomic E-state index is 0.144. The summed E-state index contributed by atoms with van der Waals surface area (Å²) in [6, 6.07) is 19.4. The van der Waals surface area contributed by atoms with Crippen molar-refractivity contribution < 1.29 is 9.53 Å². The van der Waals surface area contributed by atoms with Gasteiger partial charge in [-0.3, -0.25) is 9.78 Å². The SMILES string of the molecule is COc1ccc(CNc2cncc(C(=O)NCc3ccccc3)c2)cc1. The quantitative estimate of drug-likeness (QED) is 0.685. The van der Waals surface area contributed by atoms with Gasteiger partial charge in [-0.05, 0) is 29.3 Å². The Labute approximate surface area is 153 Å². The van der Waals surface area contributed by atoms with Gasteiger partial charge in [0.15, 0.2) is 0 Å². The molecule has 0 atom stereocenters. The van der Waals surface area contributed by atoms with Crippen LogP contribution in [0.1, 0.15) is 21.5 Å². The number of carbonyl (C=O) groups is 1. The Morgan fingerprint density at radius 1 is 0.962 bits per heavy atom. The fourth-order valence-electron chi connectivity index (χ4n) is 2.49. The first-order chi connectivity index (χ1) is 12.7. The molecule has 0 unspecified atom stereocenters. The van der Waals surface area contributed by atoms with E-state index >= 15 is 0 Å². The Hall–Kier alpha value is -3.34. The molecule has 3 aromatic rings. The van der Waals surface area contributed by atoms with Crippen LogP contribution in [-0.2, 0) is 13.1 Å². The fourth-order valence-corrected chi connectivity index (χ4v) is 2.49. The van der Waals surface area contributed by atoms with Gasteiger partial charge in [0.05, 0.1) is 18.4 Å². The van der Waals surface area contributed by atoms with Crippen molar-refractivity contribution in [2.24, 2.45) is 0 Å². The maximum Gasteiger partial charge on any atom is 0.253 e. The fraction of sp³-hybridized carbons (Fsp3) is 0.143. The monoisotopic (exact) mass is 347 g/mol. The van der Waals surface area contributed by atoms with Crippen molar-refractivity contribution in [1.82, 2.24) is 10.3 Å². The van der Waals surface area contributed by atoms with Gasteiger partial charge < -0.3 is 15.4 Å². The van der Waals surface area contributed by atoms with Crippen LogP contribution in [0.15, 0.2) is 73.1 Å². The van der Waals surface area contributed by atoms with Crippen molar-refractivity contribution in [3.8, 4) is 5.75 Å². The lowest BCUT2D eigenvalue weighted by Crippen LogP contribution is -2.23. The van der Waals surface area contributed by atoms with Gasteiger partial charge >= 0.3 is 0 Å². The zero-order valence-electron chi connectivity index (χ0n) is 14.6. The van der Waals surface area contributed by atoms with Gasteiger partial charge in [-0.15, -0.1) is 0 Å². The van der Waals surface area contributed by atoms with Crippen molar-refractivity contribution in [3.05, 3.63) is 89.7 Å². The molecule has 1 aromatic heterocycles. The molecule has 0 fully saturated rings. The molecule has 0 aliphatic heterocycles. The molecule has 1 amide bonds. The van der Waals surface area contributed by atoms with Gasteiger partial charge in [0.25, 0.3) is 5.91 Å². The number of benzene rings is 2. The highest BCUT2D eigenvalue weighted by Gasteiger charge is 2.07. The maximum atomic E-state index is 12.3. The van der Waals surface area contributed by atoms with E-state index in [1.807, 2.05) is 54.6 Å². The third kappa shape index (κ3) is 4.83. The lowest BCUT2D eigenvalue weighted by atomic mass is 10.2. The number of nitrogens with one attached hydrogen (secondary N) is 2. The summed E-state index contributed by atoms with van der Waals surface area (Å²) in [5.41, 5.74) is 3.50. The number of carbonyl (C=O) groups excluding carboxylic acids is 1. The number of aromatic nitrogens is 1. The molecule has 0 aliphatic carbocycles. The van der Waals surface area contributed by atoms with E-state index < -0.39 is 0 Å². The third-order valence-corrected chi connectivity index (χ3v) is 3.95. The predicted molar refractivity (Wildman–Crippen MR) is 102 cm³/mol. The number of methoxy groups -OCH3 is 1. The van der Waals surface area contributed by atoms with Crippen LogP contribution in [-0.4, -0.2) is 18.0 Å². The molecule has 5 heteroatoms. The van der Waals surface area contributed by atoms with E-state index in [1.165, 1.54) is 0 Å². The first-order valence-electron chi connectivity index (χ1n) is 8.38. The molecule has 0 aliphatic rings. The van der Waals surface area contributed by atoms with E-state index in [4.69, 9.17) is 4.74 Å². The Balaban J connectivity index is 1.57. The van der Waals surface area contributed by atoms with Gasteiger partial charge in [0.2, 0.25) is 0 Å². The first-order valence-corrected chi connectivity index (χ1v) is 8.38. The van der Waals surface area contributed by atoms with Gasteiger partial charge in [-0.25, -0.2) is 0 Å². The maximum absolute atomic E-state index is 12.3. The minimum atomic E-state index is -0.144. The highest BCUT2D eigenvalue weighted by Crippen LogP contribution is 2.14. The van der Waals surface area contributed by atoms with E-state index in [9.17, 15) is 4.79 Å². The topological polar surface area (TPSA) is 63.2 Å². The summed E-state index contributed by atoms with van der Waals surface area (Å²) in [6.45, 7) is 1.13. The van der Waals surface area contributed by atoms with Crippen LogP contribution in [0.5, 0.6) is 5.75 Å². The number of hydrogen-bond donors (Lipinski definition) is 2. The van der Waals surface area contributed by atoms with Crippen LogP contribution in [0, 0.1) is 0 Å². The molecule has 0 saturated heterocycles. The zero-order chi connectivity index (χ0) is 18.2. The summed E-state index contributed by atoms with van der Waals surface area (Å²) in [5, 5.41) is 6.19. The number of hydrogen-bond acceptors (Lipinski definition) is 4. The average Bonchev–Trinajstić information content (AvgIpc) is 2.72. The standard InChI is InChI=1S/C21H21N3O2/c1-26-20-9-7-17(8-10-20)12-23-19-11-18(14-22-15-19)21(25)24-13-16-5-3-2-4-6-16/h2-11,14-15,23H,12-13H2,1H3,(H,24,25). The molecule has 0 radical (unpaired) electrons. The van der Waals surface area contributed by atoms with Gasteiger partial charge in [-0.2, -0.15) is 0 Å². The second-order valence-electron chi connectivity index (χ2n) is 5.83. The van der Waals surface area contributed by atoms with Gasteiger partial charge in [-0.1, -0.05) is 42.5 Å². The summed E-state index contributed by atoms with van der Waals surface area (Å²) in [5.74, 6) is 0.682. The molecular weight excluding hydrogens is 326 g/mol. The molecular formula is C21H21N3O2. The minimum Gasteiger partial charge on any atom is -0.497 e. The van der Waals surface area contributed by atoms with Crippen LogP contribution in [0.2, 0.25) is 0 Å². The lowest BCUT2D eigenvalue weighted by molar-refractivity contribution is 0.0950. The van der Waals surface area contributed by atoms with E-state index in [0.29, 0.717) is 18.7 Å². The summed E-state index contributed by atoms with van der Waals surface area (Å²) < 4.78 is 5.15. The summed E-state index contributed by atoms with van der Waals surface area (Å²) in [6.07, 6.45) is 3.27. The van der Waals surface area contributed by atoms with Crippen LogP contribution < -0.4 is 15.4 Å². The highest BCUT2D eigenvalue weighted by atomic mass is 16.5. The Bertz CT molecular complexity index is 849. The van der Waals surface area contributed by atoms with E-state index in [-0.39, 0.29) is 5.91 Å². The van der Waals surface area contributed by atoms with Crippen molar-refractivity contribution in [3.63, 3.8) is 0 Å². The van der Waals surface area contributed by atoms with E-state index in [2.05, 4.69) is 15.6 Å². The largest absolute Gasteiger partial charge is 0.497 e. The van der Waals surface area contributed by atoms with Crippen molar-refractivity contribution in [2.75, 3.05) is 12.4 Å². The highest BCUT2D eigenvalue weighted by molar-refractivity contribution is 5.94. The molecule has 0 bridgehead atoms. The first kappa shape index (κ1) is 17.5. The molecule has 0 saturated carbocycles. The number of pyridine rings is 1. The molecule has 26 heavy (non-hydrogen) atoms. The second-order valence-corrected chi connectivity index (χ2v) is 5.83. The second kappa shape index (κ2) is 8.67. The molecule has 132 valence electrons. The molecule has 0 spiro atoms. The van der Waals surface area contributed by atoms with Crippen LogP contribution in [0.25, 0.3) is 0 Å². The van der Waals surface area contributed by atoms with Crippen molar-refractivity contribution in [2.45, 2.75) is 13.1 Å².